The van der Waals surface area contributed by atoms with Crippen LogP contribution in [-0.4, -0.2) is 29.8 Å². The minimum atomic E-state index is -0.414. The van der Waals surface area contributed by atoms with Crippen LogP contribution in [0.1, 0.15) is 19.4 Å². The third-order valence-corrected chi connectivity index (χ3v) is 3.04. The molecule has 1 heterocycles. The molecule has 0 saturated carbocycles. The molecule has 0 bridgehead atoms. The van der Waals surface area contributed by atoms with E-state index in [-0.39, 0.29) is 5.91 Å². The quantitative estimate of drug-likeness (QED) is 0.608. The van der Waals surface area contributed by atoms with Crippen LogP contribution in [0.5, 0.6) is 5.75 Å². The summed E-state index contributed by atoms with van der Waals surface area (Å²) >= 11 is 0. The summed E-state index contributed by atoms with van der Waals surface area (Å²) in [6.45, 7) is 4.33. The Bertz CT molecular complexity index is 641. The Kier molecular flexibility index (Phi) is 6.11. The van der Waals surface area contributed by atoms with Gasteiger partial charge >= 0.3 is 0 Å². The first kappa shape index (κ1) is 16.5. The first-order chi connectivity index (χ1) is 11.2. The molecule has 1 amide bonds. The average molecular weight is 312 g/mol. The predicted octanol–water partition coefficient (Wildman–Crippen LogP) is 2.43. The molecule has 1 aromatic carbocycles. The van der Waals surface area contributed by atoms with Crippen LogP contribution in [0, 0.1) is 0 Å². The van der Waals surface area contributed by atoms with E-state index in [1.165, 1.54) is 0 Å². The highest BCUT2D eigenvalue weighted by atomic mass is 16.5. The highest BCUT2D eigenvalue weighted by Gasteiger charge is 2.11. The Labute approximate surface area is 135 Å². The van der Waals surface area contributed by atoms with Gasteiger partial charge in [0.25, 0.3) is 5.91 Å². The van der Waals surface area contributed by atoms with E-state index in [9.17, 15) is 4.79 Å². The van der Waals surface area contributed by atoms with Crippen LogP contribution in [-0.2, 0) is 4.79 Å². The number of hydrogen-bond donors (Lipinski definition) is 2. The van der Waals surface area contributed by atoms with E-state index < -0.39 is 6.04 Å². The molecule has 0 aliphatic carbocycles. The molecule has 23 heavy (non-hydrogen) atoms. The van der Waals surface area contributed by atoms with Crippen LogP contribution < -0.4 is 15.5 Å². The van der Waals surface area contributed by atoms with E-state index in [4.69, 9.17) is 4.74 Å². The van der Waals surface area contributed by atoms with Crippen molar-refractivity contribution in [2.75, 3.05) is 11.9 Å². The Hall–Kier alpha value is -2.89. The van der Waals surface area contributed by atoms with Gasteiger partial charge in [-0.3, -0.25) is 9.78 Å². The lowest BCUT2D eigenvalue weighted by atomic mass is 10.2. The summed E-state index contributed by atoms with van der Waals surface area (Å²) in [5.74, 6) is 0.585. The molecule has 2 N–H and O–H groups in total. The van der Waals surface area contributed by atoms with E-state index >= 15 is 0 Å². The molecule has 0 aliphatic heterocycles. The lowest BCUT2D eigenvalue weighted by Crippen LogP contribution is -2.34. The van der Waals surface area contributed by atoms with Crippen molar-refractivity contribution in [2.45, 2.75) is 19.9 Å². The van der Waals surface area contributed by atoms with Gasteiger partial charge in [-0.15, -0.1) is 0 Å². The SMILES string of the molecule is CCOc1ccc(NC(C)C(=O)N/N=C/c2ccncc2)cc1. The molecule has 1 atom stereocenters. The van der Waals surface area contributed by atoms with Crippen LogP contribution in [0.25, 0.3) is 0 Å². The fourth-order valence-electron chi connectivity index (χ4n) is 1.85. The van der Waals surface area contributed by atoms with Crippen LogP contribution in [0.3, 0.4) is 0 Å². The number of ether oxygens (including phenoxy) is 1. The van der Waals surface area contributed by atoms with E-state index in [0.717, 1.165) is 17.0 Å². The summed E-state index contributed by atoms with van der Waals surface area (Å²) in [6, 6.07) is 10.6. The number of anilines is 1. The van der Waals surface area contributed by atoms with Crippen LogP contribution in [0.15, 0.2) is 53.9 Å². The maximum atomic E-state index is 12.0. The number of benzene rings is 1. The molecule has 1 unspecified atom stereocenters. The van der Waals surface area contributed by atoms with Crippen molar-refractivity contribution in [3.8, 4) is 5.75 Å². The van der Waals surface area contributed by atoms with Crippen molar-refractivity contribution in [2.24, 2.45) is 5.10 Å². The zero-order chi connectivity index (χ0) is 16.5. The first-order valence-electron chi connectivity index (χ1n) is 7.41. The van der Waals surface area contributed by atoms with Gasteiger partial charge in [0.15, 0.2) is 0 Å². The predicted molar refractivity (Wildman–Crippen MR) is 90.7 cm³/mol. The summed E-state index contributed by atoms with van der Waals surface area (Å²) in [7, 11) is 0. The summed E-state index contributed by atoms with van der Waals surface area (Å²) in [5.41, 5.74) is 4.22. The molecule has 0 aliphatic rings. The second kappa shape index (κ2) is 8.53. The highest BCUT2D eigenvalue weighted by Crippen LogP contribution is 2.16. The van der Waals surface area contributed by atoms with Crippen LogP contribution in [0.4, 0.5) is 5.69 Å². The van der Waals surface area contributed by atoms with E-state index in [0.29, 0.717) is 6.61 Å². The van der Waals surface area contributed by atoms with Gasteiger partial charge in [0.2, 0.25) is 0 Å². The third kappa shape index (κ3) is 5.43. The van der Waals surface area contributed by atoms with Gasteiger partial charge in [-0.25, -0.2) is 5.43 Å². The van der Waals surface area contributed by atoms with Crippen molar-refractivity contribution in [1.29, 1.82) is 0 Å². The largest absolute Gasteiger partial charge is 0.494 e. The smallest absolute Gasteiger partial charge is 0.262 e. The molecular formula is C17H20N4O2. The van der Waals surface area contributed by atoms with Crippen molar-refractivity contribution < 1.29 is 9.53 Å². The molecule has 120 valence electrons. The standard InChI is InChI=1S/C17H20N4O2/c1-3-23-16-6-4-15(5-7-16)20-13(2)17(22)21-19-12-14-8-10-18-11-9-14/h4-13,20H,3H2,1-2H3,(H,21,22)/b19-12+. The zero-order valence-electron chi connectivity index (χ0n) is 13.2. The summed E-state index contributed by atoms with van der Waals surface area (Å²) in [4.78, 5) is 15.9. The fourth-order valence-corrected chi connectivity index (χ4v) is 1.85. The minimum absolute atomic E-state index is 0.218. The second-order valence-corrected chi connectivity index (χ2v) is 4.84. The van der Waals surface area contributed by atoms with Gasteiger partial charge in [-0.1, -0.05) is 0 Å². The minimum Gasteiger partial charge on any atom is -0.494 e. The molecule has 6 heteroatoms. The lowest BCUT2D eigenvalue weighted by Gasteiger charge is -2.13. The van der Waals surface area contributed by atoms with Gasteiger partial charge in [0.05, 0.1) is 12.8 Å². The molecule has 0 saturated heterocycles. The number of pyridine rings is 1. The number of amides is 1. The molecular weight excluding hydrogens is 292 g/mol. The number of rotatable bonds is 7. The zero-order valence-corrected chi connectivity index (χ0v) is 13.2. The number of hydrogen-bond acceptors (Lipinski definition) is 5. The van der Waals surface area contributed by atoms with Gasteiger partial charge in [0.1, 0.15) is 11.8 Å². The maximum absolute atomic E-state index is 12.0. The van der Waals surface area contributed by atoms with Gasteiger partial charge < -0.3 is 10.1 Å². The number of hydrazone groups is 1. The Balaban J connectivity index is 1.83. The average Bonchev–Trinajstić information content (AvgIpc) is 2.57. The van der Waals surface area contributed by atoms with Crippen molar-refractivity contribution in [1.82, 2.24) is 10.4 Å². The molecule has 2 rings (SSSR count). The molecule has 1 aromatic heterocycles. The topological polar surface area (TPSA) is 75.6 Å². The second-order valence-electron chi connectivity index (χ2n) is 4.84. The molecule has 6 nitrogen and oxygen atoms in total. The maximum Gasteiger partial charge on any atom is 0.262 e. The Morgan fingerprint density at radius 2 is 1.96 bits per heavy atom. The van der Waals surface area contributed by atoms with Crippen molar-refractivity contribution in [3.63, 3.8) is 0 Å². The lowest BCUT2D eigenvalue weighted by molar-refractivity contribution is -0.121. The number of nitrogens with zero attached hydrogens (tertiary/aromatic N) is 2. The molecule has 0 radical (unpaired) electrons. The molecule has 0 fully saturated rings. The third-order valence-electron chi connectivity index (χ3n) is 3.04. The summed E-state index contributed by atoms with van der Waals surface area (Å²) in [5, 5.41) is 7.04. The first-order valence-corrected chi connectivity index (χ1v) is 7.41. The number of nitrogens with one attached hydrogen (secondary N) is 2. The summed E-state index contributed by atoms with van der Waals surface area (Å²) in [6.07, 6.45) is 4.90. The van der Waals surface area contributed by atoms with Crippen LogP contribution in [0.2, 0.25) is 0 Å². The number of aromatic nitrogens is 1. The van der Waals surface area contributed by atoms with Gasteiger partial charge in [0, 0.05) is 18.1 Å². The highest BCUT2D eigenvalue weighted by molar-refractivity contribution is 5.86. The number of carbonyl (C=O) groups excluding carboxylic acids is 1. The Morgan fingerprint density at radius 1 is 1.26 bits per heavy atom. The van der Waals surface area contributed by atoms with E-state index in [1.54, 1.807) is 37.7 Å². The van der Waals surface area contributed by atoms with Gasteiger partial charge in [-0.2, -0.15) is 5.10 Å². The normalized spacial score (nSPS) is 11.9. The molecule has 2 aromatic rings. The van der Waals surface area contributed by atoms with E-state index in [2.05, 4.69) is 20.8 Å². The van der Waals surface area contributed by atoms with Crippen molar-refractivity contribution >= 4 is 17.8 Å². The number of carbonyl (C=O) groups is 1. The molecule has 0 spiro atoms. The monoisotopic (exact) mass is 312 g/mol. The van der Waals surface area contributed by atoms with Crippen LogP contribution >= 0.6 is 0 Å². The fraction of sp³-hybridized carbons (Fsp3) is 0.235. The van der Waals surface area contributed by atoms with Crippen molar-refractivity contribution in [3.05, 3.63) is 54.4 Å². The Morgan fingerprint density at radius 3 is 2.61 bits per heavy atom. The van der Waals surface area contributed by atoms with E-state index in [1.807, 2.05) is 31.2 Å². The van der Waals surface area contributed by atoms with Gasteiger partial charge in [-0.05, 0) is 55.8 Å². The summed E-state index contributed by atoms with van der Waals surface area (Å²) < 4.78 is 5.38.